The molecule has 192 valence electrons. The molecule has 0 spiro atoms. The maximum Gasteiger partial charge on any atom is 0.408 e. The highest BCUT2D eigenvalue weighted by Crippen LogP contribution is 2.17. The Balaban J connectivity index is 1.65. The number of carbonyl (C=O) groups excluding carboxylic acids is 3. The first-order valence-corrected chi connectivity index (χ1v) is 11.7. The van der Waals surface area contributed by atoms with Gasteiger partial charge in [-0.3, -0.25) is 4.79 Å². The Kier molecular flexibility index (Phi) is 8.23. The van der Waals surface area contributed by atoms with E-state index in [1.807, 2.05) is 13.8 Å². The largest absolute Gasteiger partial charge is 0.462 e. The van der Waals surface area contributed by atoms with Gasteiger partial charge in [-0.05, 0) is 71.7 Å². The molecule has 2 aromatic heterocycles. The molecule has 1 aromatic carbocycles. The number of hydrogen-bond donors (Lipinski definition) is 2. The first kappa shape index (κ1) is 26.6. The van der Waals surface area contributed by atoms with E-state index in [0.717, 1.165) is 17.0 Å². The summed E-state index contributed by atoms with van der Waals surface area (Å²) in [6.45, 7) is 11.2. The Morgan fingerprint density at radius 3 is 2.56 bits per heavy atom. The van der Waals surface area contributed by atoms with E-state index in [4.69, 9.17) is 9.47 Å². The van der Waals surface area contributed by atoms with Crippen LogP contribution in [0.15, 0.2) is 24.3 Å². The molecule has 0 aliphatic carbocycles. The Morgan fingerprint density at radius 1 is 1.11 bits per heavy atom. The number of rotatable bonds is 8. The molecule has 0 atom stereocenters. The summed E-state index contributed by atoms with van der Waals surface area (Å²) in [4.78, 5) is 45.3. The number of nitrogens with one attached hydrogen (secondary N) is 2. The first-order valence-electron chi connectivity index (χ1n) is 11.7. The van der Waals surface area contributed by atoms with Crippen LogP contribution in [0, 0.1) is 13.8 Å². The molecule has 2 amide bonds. The lowest BCUT2D eigenvalue weighted by Gasteiger charge is -2.19. The zero-order valence-corrected chi connectivity index (χ0v) is 21.5. The van der Waals surface area contributed by atoms with Gasteiger partial charge in [0.2, 0.25) is 5.91 Å². The van der Waals surface area contributed by atoms with Gasteiger partial charge in [-0.15, -0.1) is 5.10 Å². The third-order valence-electron chi connectivity index (χ3n) is 5.14. The maximum atomic E-state index is 12.6. The van der Waals surface area contributed by atoms with Crippen LogP contribution in [-0.4, -0.2) is 49.8 Å². The third kappa shape index (κ3) is 7.00. The number of carbonyl (C=O) groups is 3. The molecule has 0 bridgehead atoms. The quantitative estimate of drug-likeness (QED) is 0.452. The highest BCUT2D eigenvalue weighted by molar-refractivity contribution is 5.94. The van der Waals surface area contributed by atoms with Crippen molar-refractivity contribution in [2.45, 2.75) is 66.5 Å². The van der Waals surface area contributed by atoms with Gasteiger partial charge in [0.25, 0.3) is 5.78 Å². The van der Waals surface area contributed by atoms with E-state index >= 15 is 0 Å². The number of nitrogens with zero attached hydrogens (tertiary/aromatic N) is 4. The predicted molar refractivity (Wildman–Crippen MR) is 133 cm³/mol. The standard InChI is InChI=1S/C25H32N6O5/c1-7-35-22(33)17-9-8-10-18(13-17)28-21(32)12-11-19-15(2)27-23-29-20(30-31(23)16(19)3)14-26-24(34)36-25(4,5)6/h8-10,13H,7,11-12,14H2,1-6H3,(H,26,34)(H,28,32). The van der Waals surface area contributed by atoms with Crippen LogP contribution in [0.3, 0.4) is 0 Å². The molecular weight excluding hydrogens is 464 g/mol. The maximum absolute atomic E-state index is 12.6. The Hall–Kier alpha value is -4.02. The average Bonchev–Trinajstić information content (AvgIpc) is 3.20. The summed E-state index contributed by atoms with van der Waals surface area (Å²) in [5.41, 5.74) is 2.73. The smallest absolute Gasteiger partial charge is 0.408 e. The van der Waals surface area contributed by atoms with Gasteiger partial charge in [-0.1, -0.05) is 6.07 Å². The zero-order chi connectivity index (χ0) is 26.5. The normalized spacial score (nSPS) is 11.3. The summed E-state index contributed by atoms with van der Waals surface area (Å²) in [6.07, 6.45) is 0.0945. The number of anilines is 1. The fourth-order valence-electron chi connectivity index (χ4n) is 3.55. The van der Waals surface area contributed by atoms with Crippen LogP contribution in [0.5, 0.6) is 0 Å². The van der Waals surface area contributed by atoms with Gasteiger partial charge in [-0.2, -0.15) is 4.98 Å². The van der Waals surface area contributed by atoms with Crippen molar-refractivity contribution >= 4 is 29.4 Å². The minimum atomic E-state index is -0.601. The summed E-state index contributed by atoms with van der Waals surface area (Å²) in [5, 5.41) is 9.90. The molecule has 2 heterocycles. The number of fused-ring (bicyclic) bond motifs is 1. The molecule has 3 aromatic rings. The van der Waals surface area contributed by atoms with Crippen molar-refractivity contribution < 1.29 is 23.9 Å². The van der Waals surface area contributed by atoms with E-state index in [-0.39, 0.29) is 25.5 Å². The number of aryl methyl sites for hydroxylation is 2. The Labute approximate surface area is 209 Å². The number of hydrogen-bond acceptors (Lipinski definition) is 8. The van der Waals surface area contributed by atoms with Gasteiger partial charge in [0.15, 0.2) is 5.82 Å². The van der Waals surface area contributed by atoms with E-state index in [2.05, 4.69) is 25.7 Å². The number of aromatic nitrogens is 4. The number of ether oxygens (including phenoxy) is 2. The number of esters is 1. The molecule has 3 rings (SSSR count). The molecule has 11 heteroatoms. The van der Waals surface area contributed by atoms with Crippen LogP contribution < -0.4 is 10.6 Å². The molecule has 36 heavy (non-hydrogen) atoms. The summed E-state index contributed by atoms with van der Waals surface area (Å²) in [6, 6.07) is 6.62. The van der Waals surface area contributed by atoms with Crippen LogP contribution in [0.4, 0.5) is 10.5 Å². The van der Waals surface area contributed by atoms with E-state index in [0.29, 0.717) is 29.3 Å². The lowest BCUT2D eigenvalue weighted by atomic mass is 10.1. The molecule has 0 aliphatic rings. The van der Waals surface area contributed by atoms with Gasteiger partial charge in [0, 0.05) is 23.5 Å². The molecule has 0 fully saturated rings. The minimum Gasteiger partial charge on any atom is -0.462 e. The van der Waals surface area contributed by atoms with E-state index in [1.165, 1.54) is 0 Å². The Bertz CT molecular complexity index is 1280. The molecule has 2 N–H and O–H groups in total. The van der Waals surface area contributed by atoms with Crippen LogP contribution in [0.25, 0.3) is 5.78 Å². The van der Waals surface area contributed by atoms with Crippen molar-refractivity contribution in [2.24, 2.45) is 0 Å². The summed E-state index contributed by atoms with van der Waals surface area (Å²) < 4.78 is 11.8. The van der Waals surface area contributed by atoms with Crippen molar-refractivity contribution in [3.63, 3.8) is 0 Å². The predicted octanol–water partition coefficient (Wildman–Crippen LogP) is 3.51. The van der Waals surface area contributed by atoms with Gasteiger partial charge in [0.1, 0.15) is 5.60 Å². The van der Waals surface area contributed by atoms with Crippen molar-refractivity contribution in [2.75, 3.05) is 11.9 Å². The molecular formula is C25H32N6O5. The van der Waals surface area contributed by atoms with E-state index in [1.54, 1.807) is 56.5 Å². The van der Waals surface area contributed by atoms with Gasteiger partial charge >= 0.3 is 12.1 Å². The van der Waals surface area contributed by atoms with Crippen LogP contribution in [0.2, 0.25) is 0 Å². The number of alkyl carbamates (subject to hydrolysis) is 1. The topological polar surface area (TPSA) is 137 Å². The average molecular weight is 497 g/mol. The molecule has 11 nitrogen and oxygen atoms in total. The van der Waals surface area contributed by atoms with Crippen molar-refractivity contribution in [1.82, 2.24) is 24.9 Å². The van der Waals surface area contributed by atoms with Crippen LogP contribution >= 0.6 is 0 Å². The highest BCUT2D eigenvalue weighted by atomic mass is 16.6. The van der Waals surface area contributed by atoms with Gasteiger partial charge in [-0.25, -0.2) is 19.1 Å². The fraction of sp³-hybridized carbons (Fsp3) is 0.440. The summed E-state index contributed by atoms with van der Waals surface area (Å²) >= 11 is 0. The SMILES string of the molecule is CCOC(=O)c1cccc(NC(=O)CCc2c(C)nc3nc(CNC(=O)OC(C)(C)C)nn3c2C)c1. The van der Waals surface area contributed by atoms with Crippen molar-refractivity contribution in [3.8, 4) is 0 Å². The van der Waals surface area contributed by atoms with Crippen LogP contribution in [0.1, 0.15) is 67.2 Å². The molecule has 0 aliphatic heterocycles. The zero-order valence-electron chi connectivity index (χ0n) is 21.5. The first-order chi connectivity index (χ1) is 17.0. The van der Waals surface area contributed by atoms with Crippen LogP contribution in [-0.2, 0) is 27.2 Å². The van der Waals surface area contributed by atoms with Crippen molar-refractivity contribution in [3.05, 3.63) is 52.6 Å². The van der Waals surface area contributed by atoms with E-state index in [9.17, 15) is 14.4 Å². The van der Waals surface area contributed by atoms with E-state index < -0.39 is 17.7 Å². The van der Waals surface area contributed by atoms with Crippen molar-refractivity contribution in [1.29, 1.82) is 0 Å². The summed E-state index contributed by atoms with van der Waals surface area (Å²) in [5.74, 6) is 0.172. The molecule has 0 radical (unpaired) electrons. The second kappa shape index (κ2) is 11.1. The van der Waals surface area contributed by atoms with Gasteiger partial charge in [0.05, 0.1) is 18.7 Å². The lowest BCUT2D eigenvalue weighted by Crippen LogP contribution is -2.32. The molecule has 0 unspecified atom stereocenters. The Morgan fingerprint density at radius 2 is 1.86 bits per heavy atom. The summed E-state index contributed by atoms with van der Waals surface area (Å²) in [7, 11) is 0. The fourth-order valence-corrected chi connectivity index (χ4v) is 3.55. The minimum absolute atomic E-state index is 0.0966. The lowest BCUT2D eigenvalue weighted by molar-refractivity contribution is -0.116. The second-order valence-electron chi connectivity index (χ2n) is 9.21. The molecule has 0 saturated carbocycles. The van der Waals surface area contributed by atoms with Gasteiger partial charge < -0.3 is 20.1 Å². The second-order valence-corrected chi connectivity index (χ2v) is 9.21. The highest BCUT2D eigenvalue weighted by Gasteiger charge is 2.18. The molecule has 0 saturated heterocycles. The number of amides is 2. The monoisotopic (exact) mass is 496 g/mol. The number of benzene rings is 1. The third-order valence-corrected chi connectivity index (χ3v) is 5.14.